The molecule has 0 bridgehead atoms. The van der Waals surface area contributed by atoms with E-state index in [-0.39, 0.29) is 12.1 Å². The fourth-order valence-corrected chi connectivity index (χ4v) is 3.94. The minimum Gasteiger partial charge on any atom is -0.376 e. The summed E-state index contributed by atoms with van der Waals surface area (Å²) >= 11 is 0. The van der Waals surface area contributed by atoms with Gasteiger partial charge in [0.1, 0.15) is 0 Å². The first-order valence-electron chi connectivity index (χ1n) is 9.75. The van der Waals surface area contributed by atoms with E-state index in [1.165, 1.54) is 11.3 Å². The highest BCUT2D eigenvalue weighted by molar-refractivity contribution is 5.90. The first-order chi connectivity index (χ1) is 13.2. The van der Waals surface area contributed by atoms with Gasteiger partial charge >= 0.3 is 6.03 Å². The monoisotopic (exact) mass is 365 g/mol. The Bertz CT molecular complexity index is 802. The molecule has 0 spiro atoms. The fraction of sp³-hybridized carbons (Fsp3) is 0.409. The van der Waals surface area contributed by atoms with Crippen molar-refractivity contribution in [2.45, 2.75) is 31.9 Å². The van der Waals surface area contributed by atoms with Crippen molar-refractivity contribution in [3.8, 4) is 0 Å². The molecule has 2 aromatic rings. The second kappa shape index (κ2) is 8.01. The van der Waals surface area contributed by atoms with Crippen LogP contribution in [-0.4, -0.2) is 43.8 Å². The Balaban J connectivity index is 1.43. The van der Waals surface area contributed by atoms with Crippen LogP contribution in [0.3, 0.4) is 0 Å². The lowest BCUT2D eigenvalue weighted by Crippen LogP contribution is -2.37. The van der Waals surface area contributed by atoms with Crippen molar-refractivity contribution >= 4 is 17.4 Å². The van der Waals surface area contributed by atoms with E-state index in [1.807, 2.05) is 25.2 Å². The van der Waals surface area contributed by atoms with Crippen LogP contribution in [0.1, 0.15) is 24.0 Å². The number of carbonyl (C=O) groups is 1. The predicted octanol–water partition coefficient (Wildman–Crippen LogP) is 3.89. The zero-order chi connectivity index (χ0) is 18.6. The molecule has 2 aliphatic rings. The van der Waals surface area contributed by atoms with Gasteiger partial charge in [0.25, 0.3) is 0 Å². The second-order valence-electron chi connectivity index (χ2n) is 7.40. The number of hydrogen-bond acceptors (Lipinski definition) is 3. The minimum atomic E-state index is -0.0835. The summed E-state index contributed by atoms with van der Waals surface area (Å²) in [6, 6.07) is 16.6. The molecule has 27 heavy (non-hydrogen) atoms. The summed E-state index contributed by atoms with van der Waals surface area (Å²) in [4.78, 5) is 16.7. The zero-order valence-electron chi connectivity index (χ0n) is 15.9. The molecular weight excluding hydrogens is 338 g/mol. The predicted molar refractivity (Wildman–Crippen MR) is 108 cm³/mol. The normalized spacial score (nSPS) is 18.4. The topological polar surface area (TPSA) is 44.8 Å². The van der Waals surface area contributed by atoms with E-state index in [1.54, 1.807) is 4.90 Å². The number of anilines is 2. The highest BCUT2D eigenvalue weighted by atomic mass is 16.5. The molecule has 2 aromatic carbocycles. The van der Waals surface area contributed by atoms with Crippen LogP contribution in [0.5, 0.6) is 0 Å². The molecule has 2 aliphatic heterocycles. The van der Waals surface area contributed by atoms with Crippen molar-refractivity contribution in [3.05, 3.63) is 59.7 Å². The van der Waals surface area contributed by atoms with Crippen LogP contribution in [-0.2, 0) is 17.7 Å². The summed E-state index contributed by atoms with van der Waals surface area (Å²) in [5.41, 5.74) is 4.71. The van der Waals surface area contributed by atoms with Gasteiger partial charge < -0.3 is 19.9 Å². The molecule has 142 valence electrons. The lowest BCUT2D eigenvalue weighted by molar-refractivity contribution is 0.0894. The molecule has 1 atom stereocenters. The highest BCUT2D eigenvalue weighted by Gasteiger charge is 2.22. The number of carbonyl (C=O) groups excluding carboxylic acids is 1. The van der Waals surface area contributed by atoms with Gasteiger partial charge in [-0.3, -0.25) is 0 Å². The van der Waals surface area contributed by atoms with Crippen LogP contribution in [0.25, 0.3) is 0 Å². The zero-order valence-corrected chi connectivity index (χ0v) is 15.9. The third-order valence-corrected chi connectivity index (χ3v) is 5.45. The molecule has 1 saturated heterocycles. The van der Waals surface area contributed by atoms with E-state index < -0.39 is 0 Å². The van der Waals surface area contributed by atoms with E-state index >= 15 is 0 Å². The average molecular weight is 365 g/mol. The van der Waals surface area contributed by atoms with E-state index in [0.29, 0.717) is 6.54 Å². The Morgan fingerprint density at radius 3 is 2.89 bits per heavy atom. The van der Waals surface area contributed by atoms with E-state index in [2.05, 4.69) is 40.5 Å². The summed E-state index contributed by atoms with van der Waals surface area (Å²) in [5, 5.41) is 3.09. The number of para-hydroxylation sites is 2. The van der Waals surface area contributed by atoms with Gasteiger partial charge in [-0.2, -0.15) is 0 Å². The molecule has 5 heteroatoms. The standard InChI is InChI=1S/C22H27N3O2/c1-24(16-19-9-6-14-27-19)22(26)23-20-10-4-2-8-18(20)15-25-13-12-17-7-3-5-11-21(17)25/h2-5,7-8,10-11,19H,6,9,12-16H2,1H3,(H,23,26). The van der Waals surface area contributed by atoms with Crippen molar-refractivity contribution in [3.63, 3.8) is 0 Å². The summed E-state index contributed by atoms with van der Waals surface area (Å²) in [5.74, 6) is 0. The largest absolute Gasteiger partial charge is 0.376 e. The number of rotatable bonds is 5. The quantitative estimate of drug-likeness (QED) is 0.874. The van der Waals surface area contributed by atoms with Gasteiger partial charge in [-0.1, -0.05) is 36.4 Å². The van der Waals surface area contributed by atoms with Crippen molar-refractivity contribution in [1.29, 1.82) is 0 Å². The summed E-state index contributed by atoms with van der Waals surface area (Å²) in [6.07, 6.45) is 3.36. The van der Waals surface area contributed by atoms with E-state index in [4.69, 9.17) is 4.74 Å². The molecule has 0 saturated carbocycles. The number of amides is 2. The Morgan fingerprint density at radius 2 is 2.04 bits per heavy atom. The van der Waals surface area contributed by atoms with Crippen LogP contribution in [0.2, 0.25) is 0 Å². The Hall–Kier alpha value is -2.53. The minimum absolute atomic E-state index is 0.0835. The van der Waals surface area contributed by atoms with Crippen LogP contribution in [0.15, 0.2) is 48.5 Å². The fourth-order valence-electron chi connectivity index (χ4n) is 3.94. The first-order valence-corrected chi connectivity index (χ1v) is 9.75. The molecule has 2 heterocycles. The second-order valence-corrected chi connectivity index (χ2v) is 7.40. The summed E-state index contributed by atoms with van der Waals surface area (Å²) in [7, 11) is 1.83. The Morgan fingerprint density at radius 1 is 1.22 bits per heavy atom. The molecule has 1 N–H and O–H groups in total. The average Bonchev–Trinajstić information content (AvgIpc) is 3.33. The number of nitrogens with one attached hydrogen (secondary N) is 1. The molecule has 5 nitrogen and oxygen atoms in total. The van der Waals surface area contributed by atoms with Crippen molar-refractivity contribution in [2.75, 3.05) is 37.0 Å². The SMILES string of the molecule is CN(CC1CCCO1)C(=O)Nc1ccccc1CN1CCc2ccccc21. The summed E-state index contributed by atoms with van der Waals surface area (Å²) < 4.78 is 5.64. The van der Waals surface area contributed by atoms with E-state index in [0.717, 1.165) is 50.2 Å². The van der Waals surface area contributed by atoms with Gasteiger partial charge in [0.05, 0.1) is 6.10 Å². The highest BCUT2D eigenvalue weighted by Crippen LogP contribution is 2.30. The van der Waals surface area contributed by atoms with Gasteiger partial charge in [-0.05, 0) is 42.5 Å². The molecule has 2 amide bonds. The molecule has 4 rings (SSSR count). The third kappa shape index (κ3) is 4.08. The molecule has 1 fully saturated rings. The van der Waals surface area contributed by atoms with Gasteiger partial charge in [0, 0.05) is 44.7 Å². The number of ether oxygens (including phenoxy) is 1. The Kier molecular flexibility index (Phi) is 5.30. The molecule has 1 unspecified atom stereocenters. The van der Waals surface area contributed by atoms with Crippen LogP contribution >= 0.6 is 0 Å². The maximum Gasteiger partial charge on any atom is 0.321 e. The van der Waals surface area contributed by atoms with Gasteiger partial charge in [0.15, 0.2) is 0 Å². The number of hydrogen-bond donors (Lipinski definition) is 1. The van der Waals surface area contributed by atoms with Crippen LogP contribution < -0.4 is 10.2 Å². The number of fused-ring (bicyclic) bond motifs is 1. The van der Waals surface area contributed by atoms with Gasteiger partial charge in [0.2, 0.25) is 0 Å². The summed E-state index contributed by atoms with van der Waals surface area (Å²) in [6.45, 7) is 3.25. The maximum atomic E-state index is 12.6. The van der Waals surface area contributed by atoms with Gasteiger partial charge in [-0.25, -0.2) is 4.79 Å². The molecule has 0 aliphatic carbocycles. The van der Waals surface area contributed by atoms with E-state index in [9.17, 15) is 4.79 Å². The van der Waals surface area contributed by atoms with Crippen molar-refractivity contribution in [1.82, 2.24) is 4.90 Å². The smallest absolute Gasteiger partial charge is 0.321 e. The van der Waals surface area contributed by atoms with Crippen LogP contribution in [0, 0.1) is 0 Å². The molecule has 0 radical (unpaired) electrons. The first kappa shape index (κ1) is 17.9. The number of nitrogens with zero attached hydrogens (tertiary/aromatic N) is 2. The maximum absolute atomic E-state index is 12.6. The lowest BCUT2D eigenvalue weighted by atomic mass is 10.1. The number of benzene rings is 2. The van der Waals surface area contributed by atoms with Crippen molar-refractivity contribution < 1.29 is 9.53 Å². The lowest BCUT2D eigenvalue weighted by Gasteiger charge is -2.24. The van der Waals surface area contributed by atoms with Gasteiger partial charge in [-0.15, -0.1) is 0 Å². The third-order valence-electron chi connectivity index (χ3n) is 5.45. The van der Waals surface area contributed by atoms with Crippen LogP contribution in [0.4, 0.5) is 16.2 Å². The van der Waals surface area contributed by atoms with Crippen molar-refractivity contribution in [2.24, 2.45) is 0 Å². The number of urea groups is 1. The number of likely N-dealkylation sites (N-methyl/N-ethyl adjacent to an activating group) is 1. The molecular formula is C22H27N3O2. The molecule has 0 aromatic heterocycles. The Labute approximate surface area is 160 Å².